The number of thiophene rings is 1. The Balaban J connectivity index is 1.50. The third kappa shape index (κ3) is 3.86. The molecule has 3 aliphatic heterocycles. The zero-order valence-electron chi connectivity index (χ0n) is 16.4. The van der Waals surface area contributed by atoms with Gasteiger partial charge in [-0.05, 0) is 44.7 Å². The molecule has 0 aliphatic carbocycles. The van der Waals surface area contributed by atoms with Crippen molar-refractivity contribution < 1.29 is 14.6 Å². The maximum absolute atomic E-state index is 12.9. The molecule has 0 saturated carbocycles. The van der Waals surface area contributed by atoms with Gasteiger partial charge in [0.05, 0.1) is 23.2 Å². The van der Waals surface area contributed by atoms with E-state index in [4.69, 9.17) is 4.74 Å². The van der Waals surface area contributed by atoms with Gasteiger partial charge in [-0.1, -0.05) is 11.6 Å². The molecule has 2 fully saturated rings. The molecule has 0 aromatic carbocycles. The largest absolute Gasteiger partial charge is 0.391 e. The molecule has 6 heteroatoms. The number of carbonyl (C=O) groups excluding carboxylic acids is 1. The van der Waals surface area contributed by atoms with Gasteiger partial charge in [-0.15, -0.1) is 11.3 Å². The Morgan fingerprint density at radius 2 is 2.15 bits per heavy atom. The molecule has 1 spiro atoms. The number of aliphatic hydroxyl groups is 1. The number of hydrogen-bond acceptors (Lipinski definition) is 5. The van der Waals surface area contributed by atoms with Gasteiger partial charge in [0.15, 0.2) is 0 Å². The van der Waals surface area contributed by atoms with Crippen molar-refractivity contribution in [1.82, 2.24) is 9.80 Å². The van der Waals surface area contributed by atoms with Crippen LogP contribution in [0.2, 0.25) is 0 Å². The van der Waals surface area contributed by atoms with Crippen LogP contribution in [0.3, 0.4) is 0 Å². The fraction of sp³-hybridized carbons (Fsp3) is 0.667. The second-order valence-electron chi connectivity index (χ2n) is 8.32. The monoisotopic (exact) mass is 390 g/mol. The number of carbonyl (C=O) groups is 1. The highest BCUT2D eigenvalue weighted by molar-refractivity contribution is 7.14. The Morgan fingerprint density at radius 3 is 2.81 bits per heavy atom. The summed E-state index contributed by atoms with van der Waals surface area (Å²) in [7, 11) is 0. The topological polar surface area (TPSA) is 53.0 Å². The van der Waals surface area contributed by atoms with Crippen LogP contribution < -0.4 is 0 Å². The van der Waals surface area contributed by atoms with Gasteiger partial charge in [0.1, 0.15) is 0 Å². The van der Waals surface area contributed by atoms with Crippen molar-refractivity contribution in [3.8, 4) is 0 Å². The van der Waals surface area contributed by atoms with Gasteiger partial charge in [0.25, 0.3) is 5.91 Å². The highest BCUT2D eigenvalue weighted by atomic mass is 32.1. The van der Waals surface area contributed by atoms with Gasteiger partial charge in [-0.2, -0.15) is 0 Å². The van der Waals surface area contributed by atoms with Crippen molar-refractivity contribution in [1.29, 1.82) is 0 Å². The van der Waals surface area contributed by atoms with E-state index in [0.29, 0.717) is 19.5 Å². The smallest absolute Gasteiger partial charge is 0.264 e. The molecule has 3 aliphatic rings. The lowest BCUT2D eigenvalue weighted by Crippen LogP contribution is -2.46. The van der Waals surface area contributed by atoms with Crippen molar-refractivity contribution in [3.63, 3.8) is 0 Å². The molecule has 0 bridgehead atoms. The Kier molecular flexibility index (Phi) is 5.43. The second kappa shape index (κ2) is 7.66. The normalized spacial score (nSPS) is 24.9. The molecule has 1 unspecified atom stereocenters. The SMILES string of the molecule is CC(C)=CCN1CCC2(CC1)OCCc1sc(C(=O)N3CCC(O)C3)cc12. The zero-order valence-corrected chi connectivity index (χ0v) is 17.2. The number of nitrogens with zero attached hydrogens (tertiary/aromatic N) is 2. The molecule has 2 saturated heterocycles. The minimum atomic E-state index is -0.372. The zero-order chi connectivity index (χ0) is 19.0. The van der Waals surface area contributed by atoms with Crippen LogP contribution in [0.5, 0.6) is 0 Å². The van der Waals surface area contributed by atoms with E-state index >= 15 is 0 Å². The van der Waals surface area contributed by atoms with Gasteiger partial charge < -0.3 is 14.7 Å². The summed E-state index contributed by atoms with van der Waals surface area (Å²) in [6.07, 6.45) is 5.48. The van der Waals surface area contributed by atoms with Crippen LogP contribution in [0.25, 0.3) is 0 Å². The second-order valence-corrected chi connectivity index (χ2v) is 9.45. The molecule has 27 heavy (non-hydrogen) atoms. The first-order valence-electron chi connectivity index (χ1n) is 10.1. The fourth-order valence-corrected chi connectivity index (χ4v) is 5.63. The summed E-state index contributed by atoms with van der Waals surface area (Å²) < 4.78 is 6.34. The summed E-state index contributed by atoms with van der Waals surface area (Å²) in [5, 5.41) is 9.74. The Morgan fingerprint density at radius 1 is 1.37 bits per heavy atom. The van der Waals surface area contributed by atoms with Crippen LogP contribution in [0.4, 0.5) is 0 Å². The van der Waals surface area contributed by atoms with E-state index in [0.717, 1.165) is 50.4 Å². The molecule has 1 aromatic rings. The van der Waals surface area contributed by atoms with Crippen LogP contribution >= 0.6 is 11.3 Å². The molecule has 4 rings (SSSR count). The van der Waals surface area contributed by atoms with Gasteiger partial charge in [0.2, 0.25) is 0 Å². The van der Waals surface area contributed by atoms with E-state index in [2.05, 4.69) is 30.9 Å². The van der Waals surface area contributed by atoms with Crippen LogP contribution in [0.15, 0.2) is 17.7 Å². The first kappa shape index (κ1) is 19.1. The molecule has 4 heterocycles. The maximum Gasteiger partial charge on any atom is 0.264 e. The Hall–Kier alpha value is -1.21. The summed E-state index contributed by atoms with van der Waals surface area (Å²) in [5.74, 6) is 0.0714. The van der Waals surface area contributed by atoms with E-state index in [1.807, 2.05) is 0 Å². The van der Waals surface area contributed by atoms with Crippen molar-refractivity contribution in [2.45, 2.75) is 51.2 Å². The minimum Gasteiger partial charge on any atom is -0.391 e. The Bertz CT molecular complexity index is 730. The summed E-state index contributed by atoms with van der Waals surface area (Å²) in [6, 6.07) is 2.10. The molecule has 1 aromatic heterocycles. The third-order valence-corrected chi connectivity index (χ3v) is 7.27. The van der Waals surface area contributed by atoms with E-state index in [1.165, 1.54) is 16.0 Å². The first-order chi connectivity index (χ1) is 13.0. The number of aliphatic hydroxyl groups excluding tert-OH is 1. The fourth-order valence-electron chi connectivity index (χ4n) is 4.43. The summed E-state index contributed by atoms with van der Waals surface area (Å²) in [4.78, 5) is 19.3. The number of allylic oxidation sites excluding steroid dienone is 1. The molecular formula is C21H30N2O3S. The molecule has 0 radical (unpaired) electrons. The number of likely N-dealkylation sites (tertiary alicyclic amines) is 2. The third-order valence-electron chi connectivity index (χ3n) is 6.09. The molecule has 1 N–H and O–H groups in total. The average molecular weight is 391 g/mol. The van der Waals surface area contributed by atoms with Crippen LogP contribution in [0, 0.1) is 0 Å². The molecule has 148 valence electrons. The number of fused-ring (bicyclic) bond motifs is 2. The number of piperidine rings is 1. The highest BCUT2D eigenvalue weighted by Crippen LogP contribution is 2.44. The highest BCUT2D eigenvalue weighted by Gasteiger charge is 2.42. The lowest BCUT2D eigenvalue weighted by atomic mass is 9.82. The average Bonchev–Trinajstić information content (AvgIpc) is 3.28. The minimum absolute atomic E-state index is 0.0714. The summed E-state index contributed by atoms with van der Waals surface area (Å²) >= 11 is 1.64. The van der Waals surface area contributed by atoms with E-state index in [-0.39, 0.29) is 17.6 Å². The first-order valence-corrected chi connectivity index (χ1v) is 10.9. The molecule has 1 atom stereocenters. The maximum atomic E-state index is 12.9. The Labute approximate surface area is 165 Å². The van der Waals surface area contributed by atoms with Gasteiger partial charge in [-0.25, -0.2) is 0 Å². The van der Waals surface area contributed by atoms with Crippen molar-refractivity contribution in [3.05, 3.63) is 33.0 Å². The van der Waals surface area contributed by atoms with Gasteiger partial charge in [-0.3, -0.25) is 9.69 Å². The summed E-state index contributed by atoms with van der Waals surface area (Å²) in [6.45, 7) is 9.22. The number of amides is 1. The van der Waals surface area contributed by atoms with Gasteiger partial charge in [0, 0.05) is 44.0 Å². The van der Waals surface area contributed by atoms with Crippen LogP contribution in [0.1, 0.15) is 53.2 Å². The van der Waals surface area contributed by atoms with Crippen LogP contribution in [-0.2, 0) is 16.8 Å². The van der Waals surface area contributed by atoms with E-state index in [1.54, 1.807) is 16.2 Å². The molecular weight excluding hydrogens is 360 g/mol. The lowest BCUT2D eigenvalue weighted by Gasteiger charge is -2.44. The van der Waals surface area contributed by atoms with Crippen molar-refractivity contribution in [2.24, 2.45) is 0 Å². The molecule has 5 nitrogen and oxygen atoms in total. The lowest BCUT2D eigenvalue weighted by molar-refractivity contribution is -0.0958. The predicted molar refractivity (Wildman–Crippen MR) is 107 cm³/mol. The quantitative estimate of drug-likeness (QED) is 0.807. The van der Waals surface area contributed by atoms with Crippen molar-refractivity contribution >= 4 is 17.2 Å². The molecule has 1 amide bonds. The van der Waals surface area contributed by atoms with Gasteiger partial charge >= 0.3 is 0 Å². The summed E-state index contributed by atoms with van der Waals surface area (Å²) in [5.41, 5.74) is 2.40. The number of rotatable bonds is 3. The van der Waals surface area contributed by atoms with Crippen LogP contribution in [-0.4, -0.2) is 66.2 Å². The van der Waals surface area contributed by atoms with Crippen molar-refractivity contribution in [2.75, 3.05) is 39.3 Å². The van der Waals surface area contributed by atoms with E-state index in [9.17, 15) is 9.90 Å². The number of β-amino-alcohol motifs (C(OH)–C–C–N with tert-alkyl or cyclic N) is 1. The number of hydrogen-bond donors (Lipinski definition) is 1. The standard InChI is InChI=1S/C21H30N2O3S/c1-15(2)3-8-22-10-6-21(7-11-22)17-13-19(27-18(17)5-12-26-21)20(25)23-9-4-16(24)14-23/h3,13,16,24H,4-12,14H2,1-2H3. The van der Waals surface area contributed by atoms with E-state index < -0.39 is 0 Å². The number of ether oxygens (including phenoxy) is 1. The predicted octanol–water partition coefficient (Wildman–Crippen LogP) is 2.78.